The molecule has 0 aromatic heterocycles. The second-order valence-corrected chi connectivity index (χ2v) is 3.45. The highest BCUT2D eigenvalue weighted by atomic mass is 16.3. The molecule has 84 valence electrons. The average Bonchev–Trinajstić information content (AvgIpc) is 2.25. The Balaban J connectivity index is 2.61. The molecule has 1 aromatic rings. The summed E-state index contributed by atoms with van der Waals surface area (Å²) in [6.45, 7) is 2.46. The van der Waals surface area contributed by atoms with E-state index in [2.05, 4.69) is 5.32 Å². The molecule has 4 nitrogen and oxygen atoms in total. The quantitative estimate of drug-likeness (QED) is 0.547. The van der Waals surface area contributed by atoms with E-state index in [-0.39, 0.29) is 24.1 Å². The summed E-state index contributed by atoms with van der Waals surface area (Å²) in [7, 11) is 0. The Kier molecular flexibility index (Phi) is 4.39. The van der Waals surface area contributed by atoms with Gasteiger partial charge in [-0.3, -0.25) is 0 Å². The zero-order valence-corrected chi connectivity index (χ0v) is 8.77. The fourth-order valence-corrected chi connectivity index (χ4v) is 1.31. The van der Waals surface area contributed by atoms with E-state index in [1.807, 2.05) is 6.92 Å². The summed E-state index contributed by atoms with van der Waals surface area (Å²) >= 11 is 0. The molecule has 0 saturated carbocycles. The first-order chi connectivity index (χ1) is 7.19. The fraction of sp³-hybridized carbons (Fsp3) is 0.455. The highest BCUT2D eigenvalue weighted by Gasteiger charge is 2.08. The minimum Gasteiger partial charge on any atom is -0.504 e. The lowest BCUT2D eigenvalue weighted by molar-refractivity contribution is 0.238. The highest BCUT2D eigenvalue weighted by Crippen LogP contribution is 2.27. The molecule has 0 aliphatic heterocycles. The van der Waals surface area contributed by atoms with Crippen LogP contribution in [0.3, 0.4) is 0 Å². The van der Waals surface area contributed by atoms with Gasteiger partial charge < -0.3 is 20.6 Å². The topological polar surface area (TPSA) is 72.7 Å². The molecule has 15 heavy (non-hydrogen) atoms. The zero-order chi connectivity index (χ0) is 11.3. The molecule has 0 amide bonds. The van der Waals surface area contributed by atoms with Crippen LogP contribution in [0, 0.1) is 0 Å². The number of aliphatic hydroxyl groups is 1. The van der Waals surface area contributed by atoms with Crippen molar-refractivity contribution in [2.75, 3.05) is 6.61 Å². The van der Waals surface area contributed by atoms with Gasteiger partial charge in [-0.05, 0) is 12.5 Å². The van der Waals surface area contributed by atoms with E-state index in [4.69, 9.17) is 5.11 Å². The molecular formula is C11H17NO3. The summed E-state index contributed by atoms with van der Waals surface area (Å²) < 4.78 is 0. The molecule has 0 heterocycles. The maximum absolute atomic E-state index is 9.50. The molecule has 0 radical (unpaired) electrons. The van der Waals surface area contributed by atoms with Gasteiger partial charge in [0.15, 0.2) is 11.5 Å². The number of hydrogen-bond acceptors (Lipinski definition) is 4. The monoisotopic (exact) mass is 211 g/mol. The number of rotatable bonds is 5. The van der Waals surface area contributed by atoms with Crippen molar-refractivity contribution in [1.82, 2.24) is 5.32 Å². The summed E-state index contributed by atoms with van der Waals surface area (Å²) in [5.41, 5.74) is 0.627. The van der Waals surface area contributed by atoms with Crippen LogP contribution < -0.4 is 5.32 Å². The maximum Gasteiger partial charge on any atom is 0.161 e. The molecule has 4 heteroatoms. The molecule has 0 aliphatic rings. The highest BCUT2D eigenvalue weighted by molar-refractivity contribution is 5.44. The summed E-state index contributed by atoms with van der Waals surface area (Å²) in [5.74, 6) is -0.218. The maximum atomic E-state index is 9.50. The van der Waals surface area contributed by atoms with Crippen LogP contribution >= 0.6 is 0 Å². The van der Waals surface area contributed by atoms with E-state index >= 15 is 0 Å². The van der Waals surface area contributed by atoms with Crippen molar-refractivity contribution in [2.24, 2.45) is 0 Å². The molecule has 0 unspecified atom stereocenters. The van der Waals surface area contributed by atoms with Crippen LogP contribution in [0.1, 0.15) is 18.9 Å². The molecule has 4 N–H and O–H groups in total. The first-order valence-corrected chi connectivity index (χ1v) is 5.03. The van der Waals surface area contributed by atoms with Crippen molar-refractivity contribution in [3.8, 4) is 11.5 Å². The lowest BCUT2D eigenvalue weighted by Crippen LogP contribution is -2.31. The van der Waals surface area contributed by atoms with Gasteiger partial charge in [-0.25, -0.2) is 0 Å². The van der Waals surface area contributed by atoms with E-state index in [9.17, 15) is 10.2 Å². The number of aromatic hydroxyl groups is 2. The zero-order valence-electron chi connectivity index (χ0n) is 8.77. The van der Waals surface area contributed by atoms with Gasteiger partial charge >= 0.3 is 0 Å². The van der Waals surface area contributed by atoms with Crippen molar-refractivity contribution < 1.29 is 15.3 Å². The first kappa shape index (κ1) is 11.8. The third-order valence-electron chi connectivity index (χ3n) is 2.39. The van der Waals surface area contributed by atoms with Gasteiger partial charge in [-0.1, -0.05) is 19.1 Å². The number of aliphatic hydroxyl groups excluding tert-OH is 1. The van der Waals surface area contributed by atoms with Crippen molar-refractivity contribution in [3.05, 3.63) is 23.8 Å². The number of para-hydroxylation sites is 1. The van der Waals surface area contributed by atoms with Gasteiger partial charge in [0, 0.05) is 18.2 Å². The first-order valence-electron chi connectivity index (χ1n) is 5.03. The average molecular weight is 211 g/mol. The minimum atomic E-state index is -0.119. The van der Waals surface area contributed by atoms with Gasteiger partial charge in [0.2, 0.25) is 0 Å². The van der Waals surface area contributed by atoms with Crippen molar-refractivity contribution >= 4 is 0 Å². The number of phenolic OH excluding ortho intramolecular Hbond substituents is 2. The van der Waals surface area contributed by atoms with E-state index in [0.717, 1.165) is 6.42 Å². The van der Waals surface area contributed by atoms with Crippen LogP contribution in [0.5, 0.6) is 11.5 Å². The van der Waals surface area contributed by atoms with Crippen LogP contribution in [0.2, 0.25) is 0 Å². The van der Waals surface area contributed by atoms with Crippen LogP contribution in [-0.4, -0.2) is 28.0 Å². The minimum absolute atomic E-state index is 0.0201. The number of hydrogen-bond donors (Lipinski definition) is 4. The summed E-state index contributed by atoms with van der Waals surface area (Å²) in [6.07, 6.45) is 0.816. The Morgan fingerprint density at radius 3 is 2.67 bits per heavy atom. The van der Waals surface area contributed by atoms with Crippen molar-refractivity contribution in [1.29, 1.82) is 0 Å². The van der Waals surface area contributed by atoms with E-state index in [1.165, 1.54) is 6.07 Å². The molecule has 0 aliphatic carbocycles. The van der Waals surface area contributed by atoms with Gasteiger partial charge in [-0.2, -0.15) is 0 Å². The van der Waals surface area contributed by atoms with Gasteiger partial charge in [0.05, 0.1) is 6.61 Å². The second-order valence-electron chi connectivity index (χ2n) is 3.45. The number of phenols is 2. The predicted octanol–water partition coefficient (Wildman–Crippen LogP) is 0.958. The Labute approximate surface area is 89.2 Å². The lowest BCUT2D eigenvalue weighted by atomic mass is 10.1. The Morgan fingerprint density at radius 1 is 1.33 bits per heavy atom. The normalized spacial score (nSPS) is 12.7. The fourth-order valence-electron chi connectivity index (χ4n) is 1.31. The third-order valence-corrected chi connectivity index (χ3v) is 2.39. The molecule has 0 fully saturated rings. The molecule has 0 bridgehead atoms. The standard InChI is InChI=1S/C11H17NO3/c1-2-9(7-13)12-6-8-4-3-5-10(14)11(8)15/h3-5,9,12-15H,2,6-7H2,1H3/t9-/m1/s1. The van der Waals surface area contributed by atoms with Crippen LogP contribution in [0.15, 0.2) is 18.2 Å². The van der Waals surface area contributed by atoms with Gasteiger partial charge in [0.1, 0.15) is 0 Å². The Bertz CT molecular complexity index is 311. The largest absolute Gasteiger partial charge is 0.504 e. The molecule has 1 aromatic carbocycles. The molecule has 1 atom stereocenters. The Morgan fingerprint density at radius 2 is 2.07 bits per heavy atom. The van der Waals surface area contributed by atoms with E-state index in [1.54, 1.807) is 12.1 Å². The summed E-state index contributed by atoms with van der Waals surface area (Å²) in [4.78, 5) is 0. The summed E-state index contributed by atoms with van der Waals surface area (Å²) in [6, 6.07) is 4.85. The predicted molar refractivity (Wildman–Crippen MR) is 57.8 cm³/mol. The molecular weight excluding hydrogens is 194 g/mol. The number of nitrogens with one attached hydrogen (secondary N) is 1. The van der Waals surface area contributed by atoms with Crippen LogP contribution in [0.4, 0.5) is 0 Å². The Hall–Kier alpha value is -1.26. The number of benzene rings is 1. The van der Waals surface area contributed by atoms with Crippen LogP contribution in [0.25, 0.3) is 0 Å². The van der Waals surface area contributed by atoms with E-state index < -0.39 is 0 Å². The molecule has 0 saturated heterocycles. The second kappa shape index (κ2) is 5.58. The third kappa shape index (κ3) is 3.11. The van der Waals surface area contributed by atoms with Crippen molar-refractivity contribution in [2.45, 2.75) is 25.9 Å². The smallest absolute Gasteiger partial charge is 0.161 e. The van der Waals surface area contributed by atoms with E-state index in [0.29, 0.717) is 12.1 Å². The molecule has 1 rings (SSSR count). The van der Waals surface area contributed by atoms with Gasteiger partial charge in [-0.15, -0.1) is 0 Å². The van der Waals surface area contributed by atoms with Crippen LogP contribution in [-0.2, 0) is 6.54 Å². The molecule has 0 spiro atoms. The van der Waals surface area contributed by atoms with Gasteiger partial charge in [0.25, 0.3) is 0 Å². The van der Waals surface area contributed by atoms with Crippen molar-refractivity contribution in [3.63, 3.8) is 0 Å². The lowest BCUT2D eigenvalue weighted by Gasteiger charge is -2.14. The SMILES string of the molecule is CC[C@H](CO)NCc1cccc(O)c1O. The summed E-state index contributed by atoms with van der Waals surface area (Å²) in [5, 5.41) is 30.8.